The van der Waals surface area contributed by atoms with E-state index in [1.54, 1.807) is 12.1 Å². The van der Waals surface area contributed by atoms with E-state index in [9.17, 15) is 14.0 Å². The minimum absolute atomic E-state index is 0.0595. The Kier molecular flexibility index (Phi) is 8.39. The Morgan fingerprint density at radius 1 is 1.09 bits per heavy atom. The summed E-state index contributed by atoms with van der Waals surface area (Å²) < 4.78 is 19.5. The number of ether oxygens (including phenoxy) is 1. The van der Waals surface area contributed by atoms with Gasteiger partial charge in [0.2, 0.25) is 5.91 Å². The highest BCUT2D eigenvalue weighted by molar-refractivity contribution is 5.78. The quantitative estimate of drug-likeness (QED) is 0.590. The summed E-state index contributed by atoms with van der Waals surface area (Å²) in [6, 6.07) is 11.8. The number of nitrogens with zero attached hydrogens (tertiary/aromatic N) is 2. The molecule has 2 amide bonds. The predicted octanol–water partition coefficient (Wildman–Crippen LogP) is 3.94. The predicted molar refractivity (Wildman–Crippen MR) is 134 cm³/mol. The normalized spacial score (nSPS) is 17.9. The molecular weight excluding hydrogens is 445 g/mol. The molecule has 4 rings (SSSR count). The highest BCUT2D eigenvalue weighted by atomic mass is 19.1. The van der Waals surface area contributed by atoms with Crippen molar-refractivity contribution in [1.29, 1.82) is 0 Å². The Balaban J connectivity index is 1.47. The van der Waals surface area contributed by atoms with Crippen LogP contribution in [0.4, 0.5) is 4.39 Å². The fourth-order valence-electron chi connectivity index (χ4n) is 4.98. The maximum atomic E-state index is 13.7. The first-order chi connectivity index (χ1) is 16.9. The van der Waals surface area contributed by atoms with Gasteiger partial charge < -0.3 is 19.9 Å². The molecule has 2 aromatic rings. The van der Waals surface area contributed by atoms with Crippen LogP contribution in [-0.4, -0.2) is 60.9 Å². The Labute approximate surface area is 207 Å². The highest BCUT2D eigenvalue weighted by Crippen LogP contribution is 2.37. The van der Waals surface area contributed by atoms with Gasteiger partial charge in [-0.3, -0.25) is 9.59 Å². The number of hydrogen-bond donors (Lipinski definition) is 1. The van der Waals surface area contributed by atoms with Gasteiger partial charge in [-0.05, 0) is 79.2 Å². The number of carbonyl (C=O) groups excluding carboxylic acids is 2. The van der Waals surface area contributed by atoms with E-state index in [0.717, 1.165) is 42.7 Å². The van der Waals surface area contributed by atoms with Crippen molar-refractivity contribution in [3.05, 3.63) is 65.0 Å². The number of benzene rings is 2. The lowest BCUT2D eigenvalue weighted by Crippen LogP contribution is -2.41. The van der Waals surface area contributed by atoms with Crippen LogP contribution < -0.4 is 10.1 Å². The number of amides is 2. The number of hydrogen-bond acceptors (Lipinski definition) is 4. The van der Waals surface area contributed by atoms with Crippen molar-refractivity contribution in [2.45, 2.75) is 45.6 Å². The lowest BCUT2D eigenvalue weighted by molar-refractivity contribution is -0.134. The van der Waals surface area contributed by atoms with Gasteiger partial charge in [0.05, 0.1) is 6.04 Å². The summed E-state index contributed by atoms with van der Waals surface area (Å²) in [6.07, 6.45) is 3.67. The van der Waals surface area contributed by atoms with Crippen LogP contribution >= 0.6 is 0 Å². The maximum Gasteiger partial charge on any atom is 0.257 e. The van der Waals surface area contributed by atoms with Gasteiger partial charge in [0.15, 0.2) is 6.61 Å². The van der Waals surface area contributed by atoms with E-state index in [4.69, 9.17) is 4.74 Å². The molecule has 1 unspecified atom stereocenters. The first kappa shape index (κ1) is 25.2. The van der Waals surface area contributed by atoms with E-state index < -0.39 is 0 Å². The Morgan fingerprint density at radius 3 is 2.54 bits per heavy atom. The van der Waals surface area contributed by atoms with Gasteiger partial charge in [0.25, 0.3) is 5.91 Å². The summed E-state index contributed by atoms with van der Waals surface area (Å²) in [5.41, 5.74) is 2.96. The summed E-state index contributed by atoms with van der Waals surface area (Å²) in [5.74, 6) is 0.465. The van der Waals surface area contributed by atoms with Crippen LogP contribution in [0.1, 0.15) is 55.8 Å². The number of nitrogens with one attached hydrogen (secondary N) is 1. The zero-order valence-electron chi connectivity index (χ0n) is 20.8. The first-order valence-corrected chi connectivity index (χ1v) is 12.7. The Morgan fingerprint density at radius 2 is 1.83 bits per heavy atom. The number of rotatable bonds is 9. The number of fused-ring (bicyclic) bond motifs is 1. The monoisotopic (exact) mass is 481 g/mol. The standard InChI is InChI=1S/C28H36FN3O3/c1-20(2)17-27(34)32-15-11-21-7-10-24(18-25(21)28(32)22-5-8-23(29)9-6-22)35-19-26(33)30-12-16-31-13-3-4-14-31/h5-10,18,20,28H,3-4,11-17,19H2,1-2H3,(H,30,33). The summed E-state index contributed by atoms with van der Waals surface area (Å²) in [6.45, 7) is 8.31. The molecule has 0 aliphatic carbocycles. The molecule has 7 heteroatoms. The smallest absolute Gasteiger partial charge is 0.257 e. The number of carbonyl (C=O) groups is 2. The Bertz CT molecular complexity index is 1020. The molecule has 0 spiro atoms. The molecule has 1 fully saturated rings. The molecule has 0 saturated carbocycles. The van der Waals surface area contributed by atoms with Crippen LogP contribution in [0, 0.1) is 11.7 Å². The van der Waals surface area contributed by atoms with Gasteiger partial charge >= 0.3 is 0 Å². The summed E-state index contributed by atoms with van der Waals surface area (Å²) in [4.78, 5) is 29.7. The van der Waals surface area contributed by atoms with E-state index in [0.29, 0.717) is 25.3 Å². The van der Waals surface area contributed by atoms with Crippen LogP contribution in [0.15, 0.2) is 42.5 Å². The minimum Gasteiger partial charge on any atom is -0.484 e. The SMILES string of the molecule is CC(C)CC(=O)N1CCc2ccc(OCC(=O)NCCN3CCCC3)cc2C1c1ccc(F)cc1. The molecule has 1 atom stereocenters. The molecule has 0 bridgehead atoms. The van der Waals surface area contributed by atoms with Crippen LogP contribution in [0.2, 0.25) is 0 Å². The topological polar surface area (TPSA) is 61.9 Å². The fourth-order valence-corrected chi connectivity index (χ4v) is 4.98. The zero-order valence-corrected chi connectivity index (χ0v) is 20.8. The van der Waals surface area contributed by atoms with Crippen molar-refractivity contribution in [3.8, 4) is 5.75 Å². The second-order valence-corrected chi connectivity index (χ2v) is 9.94. The molecule has 188 valence electrons. The zero-order chi connectivity index (χ0) is 24.8. The third kappa shape index (κ3) is 6.60. The van der Waals surface area contributed by atoms with Crippen molar-refractivity contribution in [1.82, 2.24) is 15.1 Å². The average molecular weight is 482 g/mol. The first-order valence-electron chi connectivity index (χ1n) is 12.7. The molecule has 2 aromatic carbocycles. The van der Waals surface area contributed by atoms with Crippen molar-refractivity contribution in [3.63, 3.8) is 0 Å². The summed E-state index contributed by atoms with van der Waals surface area (Å²) >= 11 is 0. The maximum absolute atomic E-state index is 13.7. The van der Waals surface area contributed by atoms with Gasteiger partial charge in [-0.15, -0.1) is 0 Å². The van der Waals surface area contributed by atoms with E-state index >= 15 is 0 Å². The van der Waals surface area contributed by atoms with Crippen LogP contribution in [0.5, 0.6) is 5.75 Å². The van der Waals surface area contributed by atoms with Crippen molar-refractivity contribution < 1.29 is 18.7 Å². The average Bonchev–Trinajstić information content (AvgIpc) is 3.35. The molecule has 1 saturated heterocycles. The van der Waals surface area contributed by atoms with E-state index in [1.165, 1.54) is 25.0 Å². The third-order valence-corrected chi connectivity index (χ3v) is 6.75. The number of likely N-dealkylation sites (tertiary alicyclic amines) is 1. The minimum atomic E-state index is -0.316. The van der Waals surface area contributed by atoms with E-state index in [-0.39, 0.29) is 36.2 Å². The molecule has 35 heavy (non-hydrogen) atoms. The molecular formula is C28H36FN3O3. The highest BCUT2D eigenvalue weighted by Gasteiger charge is 2.32. The van der Waals surface area contributed by atoms with Gasteiger partial charge in [0.1, 0.15) is 11.6 Å². The molecule has 0 radical (unpaired) electrons. The molecule has 2 heterocycles. The lowest BCUT2D eigenvalue weighted by Gasteiger charge is -2.38. The van der Waals surface area contributed by atoms with Gasteiger partial charge in [-0.25, -0.2) is 4.39 Å². The molecule has 6 nitrogen and oxygen atoms in total. The number of halogens is 1. The van der Waals surface area contributed by atoms with E-state index in [2.05, 4.69) is 10.2 Å². The lowest BCUT2D eigenvalue weighted by atomic mass is 9.87. The second-order valence-electron chi connectivity index (χ2n) is 9.94. The van der Waals surface area contributed by atoms with Crippen molar-refractivity contribution in [2.75, 3.05) is 39.3 Å². The molecule has 2 aliphatic heterocycles. The summed E-state index contributed by atoms with van der Waals surface area (Å²) in [7, 11) is 0. The van der Waals surface area contributed by atoms with E-state index in [1.807, 2.05) is 36.9 Å². The van der Waals surface area contributed by atoms with Crippen LogP contribution in [-0.2, 0) is 16.0 Å². The van der Waals surface area contributed by atoms with Crippen LogP contribution in [0.3, 0.4) is 0 Å². The van der Waals surface area contributed by atoms with Gasteiger partial charge in [-0.1, -0.05) is 32.0 Å². The fraction of sp³-hybridized carbons (Fsp3) is 0.500. The summed E-state index contributed by atoms with van der Waals surface area (Å²) in [5, 5.41) is 2.93. The molecule has 1 N–H and O–H groups in total. The molecule has 2 aliphatic rings. The molecule has 0 aromatic heterocycles. The van der Waals surface area contributed by atoms with Crippen LogP contribution in [0.25, 0.3) is 0 Å². The van der Waals surface area contributed by atoms with Crippen molar-refractivity contribution in [2.24, 2.45) is 5.92 Å². The van der Waals surface area contributed by atoms with Gasteiger partial charge in [0, 0.05) is 26.1 Å². The largest absolute Gasteiger partial charge is 0.484 e. The second kappa shape index (κ2) is 11.7. The Hall–Kier alpha value is -2.93. The van der Waals surface area contributed by atoms with Crippen molar-refractivity contribution >= 4 is 11.8 Å². The third-order valence-electron chi connectivity index (χ3n) is 6.75. The van der Waals surface area contributed by atoms with Gasteiger partial charge in [-0.2, -0.15) is 0 Å².